The van der Waals surface area contributed by atoms with Crippen molar-refractivity contribution >= 4 is 46.0 Å². The van der Waals surface area contributed by atoms with Gasteiger partial charge in [0.05, 0.1) is 23.2 Å². The Bertz CT molecular complexity index is 1440. The summed E-state index contributed by atoms with van der Waals surface area (Å²) in [7, 11) is 1.61. The molecule has 2 aliphatic rings. The van der Waals surface area contributed by atoms with E-state index < -0.39 is 0 Å². The lowest BCUT2D eigenvalue weighted by Gasteiger charge is -2.45. The minimum atomic E-state index is -0.358. The Kier molecular flexibility index (Phi) is 7.04. The molecule has 37 heavy (non-hydrogen) atoms. The number of rotatable bonds is 5. The van der Waals surface area contributed by atoms with Gasteiger partial charge in [-0.15, -0.1) is 11.8 Å². The van der Waals surface area contributed by atoms with Crippen LogP contribution in [0.1, 0.15) is 19.9 Å². The predicted octanol–water partition coefficient (Wildman–Crippen LogP) is 4.76. The van der Waals surface area contributed by atoms with Crippen LogP contribution in [0.25, 0.3) is 22.0 Å². The summed E-state index contributed by atoms with van der Waals surface area (Å²) < 4.78 is 20.8. The van der Waals surface area contributed by atoms with E-state index in [1.54, 1.807) is 40.5 Å². The van der Waals surface area contributed by atoms with Gasteiger partial charge >= 0.3 is 5.69 Å². The highest BCUT2D eigenvalue weighted by atomic mass is 35.5. The van der Waals surface area contributed by atoms with Crippen LogP contribution >= 0.6 is 23.4 Å². The first kappa shape index (κ1) is 25.8. The van der Waals surface area contributed by atoms with E-state index in [-0.39, 0.29) is 35.5 Å². The molecule has 10 heteroatoms. The molecule has 7 nitrogen and oxygen atoms in total. The second-order valence-corrected chi connectivity index (χ2v) is 11.0. The van der Waals surface area contributed by atoms with Crippen molar-refractivity contribution in [2.24, 2.45) is 0 Å². The number of carbonyl (C=O) groups is 1. The van der Waals surface area contributed by atoms with Crippen molar-refractivity contribution in [2.75, 3.05) is 37.5 Å². The summed E-state index contributed by atoms with van der Waals surface area (Å²) >= 11 is 8.52. The van der Waals surface area contributed by atoms with E-state index in [2.05, 4.69) is 16.5 Å². The molecule has 0 N–H and O–H groups in total. The van der Waals surface area contributed by atoms with Gasteiger partial charge in [-0.1, -0.05) is 30.3 Å². The number of halogens is 2. The number of carbonyl (C=O) groups excluding carboxylic acids is 1. The van der Waals surface area contributed by atoms with Gasteiger partial charge in [0.25, 0.3) is 0 Å². The van der Waals surface area contributed by atoms with E-state index in [9.17, 15) is 14.0 Å². The fourth-order valence-electron chi connectivity index (χ4n) is 5.33. The number of hydrogen-bond donors (Lipinski definition) is 0. The van der Waals surface area contributed by atoms with E-state index in [4.69, 9.17) is 16.3 Å². The Balaban J connectivity index is 1.74. The zero-order valence-corrected chi connectivity index (χ0v) is 22.5. The molecule has 1 fully saturated rings. The zero-order valence-electron chi connectivity index (χ0n) is 20.9. The van der Waals surface area contributed by atoms with Gasteiger partial charge in [0.15, 0.2) is 0 Å². The molecule has 2 aromatic carbocycles. The van der Waals surface area contributed by atoms with Crippen LogP contribution in [-0.2, 0) is 9.53 Å². The summed E-state index contributed by atoms with van der Waals surface area (Å²) in [6.07, 6.45) is 1.33. The molecule has 5 rings (SSSR count). The third-order valence-electron chi connectivity index (χ3n) is 7.09. The number of aromatic nitrogens is 2. The van der Waals surface area contributed by atoms with Crippen LogP contribution in [0.4, 0.5) is 10.2 Å². The maximum atomic E-state index is 13.7. The van der Waals surface area contributed by atoms with Gasteiger partial charge in [0, 0.05) is 53.9 Å². The van der Waals surface area contributed by atoms with Gasteiger partial charge in [-0.05, 0) is 43.7 Å². The predicted molar refractivity (Wildman–Crippen MR) is 146 cm³/mol. The number of hydrogen-bond acceptors (Lipinski definition) is 6. The third-order valence-corrected chi connectivity index (χ3v) is 8.63. The van der Waals surface area contributed by atoms with E-state index in [1.165, 1.54) is 18.2 Å². The fourth-order valence-corrected chi connectivity index (χ4v) is 7.02. The summed E-state index contributed by atoms with van der Waals surface area (Å²) in [6, 6.07) is 7.68. The topological polar surface area (TPSA) is 67.7 Å². The normalized spacial score (nSPS) is 21.4. The van der Waals surface area contributed by atoms with E-state index >= 15 is 0 Å². The molecular weight excluding hydrogens is 515 g/mol. The molecule has 1 saturated heterocycles. The Morgan fingerprint density at radius 1 is 1.27 bits per heavy atom. The number of amides is 1. The first-order valence-corrected chi connectivity index (χ1v) is 13.5. The number of thioether (sulfide) groups is 1. The Morgan fingerprint density at radius 2 is 2.00 bits per heavy atom. The SMILES string of the molecule is C=CC(=O)N1C[C@H](C)N(c2nc(=O)n3c4c(c(-c5ccc(F)cc5)c(Cl)cc24)SC[C@@H]3COC)C[C@H]1C. The van der Waals surface area contributed by atoms with Gasteiger partial charge < -0.3 is 14.5 Å². The summed E-state index contributed by atoms with van der Waals surface area (Å²) in [5.41, 5.74) is 1.93. The van der Waals surface area contributed by atoms with Gasteiger partial charge in [-0.3, -0.25) is 9.36 Å². The maximum absolute atomic E-state index is 13.7. The van der Waals surface area contributed by atoms with Crippen molar-refractivity contribution in [2.45, 2.75) is 36.9 Å². The second-order valence-electron chi connectivity index (χ2n) is 9.52. The van der Waals surface area contributed by atoms with E-state index in [1.807, 2.05) is 19.9 Å². The first-order chi connectivity index (χ1) is 17.7. The monoisotopic (exact) mass is 542 g/mol. The lowest BCUT2D eigenvalue weighted by Crippen LogP contribution is -2.58. The van der Waals surface area contributed by atoms with Gasteiger partial charge in [-0.25, -0.2) is 9.18 Å². The van der Waals surface area contributed by atoms with Crippen molar-refractivity contribution in [3.8, 4) is 11.1 Å². The molecule has 1 aromatic heterocycles. The summed E-state index contributed by atoms with van der Waals surface area (Å²) in [5, 5.41) is 1.27. The highest BCUT2D eigenvalue weighted by Gasteiger charge is 2.35. The van der Waals surface area contributed by atoms with Crippen LogP contribution in [0, 0.1) is 5.82 Å². The molecule has 0 aliphatic carbocycles. The second kappa shape index (κ2) is 10.1. The molecular formula is C27H28ClFN4O3S. The summed E-state index contributed by atoms with van der Waals surface area (Å²) in [6.45, 7) is 8.96. The van der Waals surface area contributed by atoms with Crippen molar-refractivity contribution in [3.05, 3.63) is 64.3 Å². The molecule has 2 aliphatic heterocycles. The number of benzene rings is 2. The number of anilines is 1. The largest absolute Gasteiger partial charge is 0.383 e. The van der Waals surface area contributed by atoms with Crippen molar-refractivity contribution < 1.29 is 13.9 Å². The lowest BCUT2D eigenvalue weighted by molar-refractivity contribution is -0.128. The third kappa shape index (κ3) is 4.43. The van der Waals surface area contributed by atoms with E-state index in [0.717, 1.165) is 26.9 Å². The molecule has 0 radical (unpaired) electrons. The Morgan fingerprint density at radius 3 is 2.68 bits per heavy atom. The molecule has 3 heterocycles. The summed E-state index contributed by atoms with van der Waals surface area (Å²) in [5.74, 6) is 0.715. The number of piperazine rings is 1. The van der Waals surface area contributed by atoms with Crippen LogP contribution < -0.4 is 10.6 Å². The lowest BCUT2D eigenvalue weighted by atomic mass is 10.0. The number of nitrogens with zero attached hydrogens (tertiary/aromatic N) is 4. The minimum absolute atomic E-state index is 0.0876. The van der Waals surface area contributed by atoms with Crippen molar-refractivity contribution in [3.63, 3.8) is 0 Å². The summed E-state index contributed by atoms with van der Waals surface area (Å²) in [4.78, 5) is 35.3. The quantitative estimate of drug-likeness (QED) is 0.433. The number of methoxy groups -OCH3 is 1. The maximum Gasteiger partial charge on any atom is 0.350 e. The van der Waals surface area contributed by atoms with Gasteiger partial charge in [-0.2, -0.15) is 4.98 Å². The fraction of sp³-hybridized carbons (Fsp3) is 0.370. The molecule has 194 valence electrons. The number of ether oxygens (including phenoxy) is 1. The molecule has 0 bridgehead atoms. The molecule has 3 atom stereocenters. The van der Waals surface area contributed by atoms with Gasteiger partial charge in [0.1, 0.15) is 11.6 Å². The molecule has 1 amide bonds. The van der Waals surface area contributed by atoms with Crippen LogP contribution in [0.3, 0.4) is 0 Å². The smallest absolute Gasteiger partial charge is 0.350 e. The highest BCUT2D eigenvalue weighted by molar-refractivity contribution is 7.99. The molecule has 0 unspecified atom stereocenters. The molecule has 3 aromatic rings. The average Bonchev–Trinajstić information content (AvgIpc) is 2.88. The van der Waals surface area contributed by atoms with Crippen LogP contribution in [0.15, 0.2) is 52.7 Å². The average molecular weight is 543 g/mol. The molecule has 0 saturated carbocycles. The minimum Gasteiger partial charge on any atom is -0.383 e. The van der Waals surface area contributed by atoms with Crippen LogP contribution in [0.5, 0.6) is 0 Å². The highest BCUT2D eigenvalue weighted by Crippen LogP contribution is 2.47. The van der Waals surface area contributed by atoms with Gasteiger partial charge in [0.2, 0.25) is 5.91 Å². The standard InChI is InChI=1S/C27H28ClFN4O3S/c1-5-22(34)31-11-16(3)32(12-15(31)2)26-20-10-21(28)23(17-6-8-18(29)9-7-17)25-24(20)33(27(35)30-26)19(13-36-4)14-37-25/h5-10,15-16,19H,1,11-14H2,2-4H3/t15-,16+,19+/m1/s1. The molecule has 0 spiro atoms. The van der Waals surface area contributed by atoms with Crippen LogP contribution in [-0.4, -0.2) is 65.0 Å². The van der Waals surface area contributed by atoms with Crippen LogP contribution in [0.2, 0.25) is 5.02 Å². The Hall–Kier alpha value is -2.88. The Labute approximate surface area is 223 Å². The first-order valence-electron chi connectivity index (χ1n) is 12.1. The van der Waals surface area contributed by atoms with E-state index in [0.29, 0.717) is 36.3 Å². The van der Waals surface area contributed by atoms with Crippen molar-refractivity contribution in [1.82, 2.24) is 14.5 Å². The van der Waals surface area contributed by atoms with Crippen molar-refractivity contribution in [1.29, 1.82) is 0 Å². The zero-order chi connectivity index (χ0) is 26.4.